The molecule has 3 atom stereocenters. The molecule has 0 saturated carbocycles. The lowest BCUT2D eigenvalue weighted by atomic mass is 10.0. The fourth-order valence-electron chi connectivity index (χ4n) is 4.86. The summed E-state index contributed by atoms with van der Waals surface area (Å²) < 4.78 is 21.5. The third kappa shape index (κ3) is 3.10. The van der Waals surface area contributed by atoms with Crippen LogP contribution in [0.25, 0.3) is 0 Å². The van der Waals surface area contributed by atoms with Gasteiger partial charge < -0.3 is 14.7 Å². The number of benzene rings is 1. The molecular formula is C22H21ClFN3O5. The Balaban J connectivity index is 1.51. The van der Waals surface area contributed by atoms with Gasteiger partial charge in [-0.15, -0.1) is 0 Å². The highest BCUT2D eigenvalue weighted by Crippen LogP contribution is 2.36. The van der Waals surface area contributed by atoms with E-state index in [1.807, 2.05) is 5.01 Å². The number of amides is 1. The van der Waals surface area contributed by atoms with Gasteiger partial charge in [0.15, 0.2) is 17.2 Å². The van der Waals surface area contributed by atoms with Crippen molar-refractivity contribution in [1.82, 2.24) is 9.58 Å². The molecule has 2 fully saturated rings. The zero-order valence-electron chi connectivity index (χ0n) is 17.3. The number of halogens is 2. The minimum atomic E-state index is -0.913. The van der Waals surface area contributed by atoms with Crippen molar-refractivity contribution in [3.8, 4) is 5.75 Å². The van der Waals surface area contributed by atoms with Crippen LogP contribution in [-0.4, -0.2) is 58.3 Å². The molecule has 2 bridgehead atoms. The topological polar surface area (TPSA) is 92.1 Å². The Hall–Kier alpha value is -2.91. The first-order valence-electron chi connectivity index (χ1n) is 10.4. The SMILES string of the molecule is CN1C(=O)c2c(O)c(=O)c(C(=O)CCc3cccc(Cl)c3F)cn2N2C[C@@H]3CC[C@@H](O3)[C@@H]12. The van der Waals surface area contributed by atoms with Gasteiger partial charge >= 0.3 is 0 Å². The van der Waals surface area contributed by atoms with Crippen LogP contribution in [-0.2, 0) is 11.2 Å². The average molecular weight is 462 g/mol. The van der Waals surface area contributed by atoms with Crippen molar-refractivity contribution in [2.75, 3.05) is 18.6 Å². The van der Waals surface area contributed by atoms with Crippen LogP contribution in [0.5, 0.6) is 5.75 Å². The van der Waals surface area contributed by atoms with Crippen molar-refractivity contribution in [1.29, 1.82) is 0 Å². The van der Waals surface area contributed by atoms with E-state index in [0.717, 1.165) is 12.8 Å². The summed E-state index contributed by atoms with van der Waals surface area (Å²) in [6, 6.07) is 4.52. The highest BCUT2D eigenvalue weighted by Gasteiger charge is 2.49. The van der Waals surface area contributed by atoms with E-state index >= 15 is 0 Å². The fourth-order valence-corrected chi connectivity index (χ4v) is 5.06. The summed E-state index contributed by atoms with van der Waals surface area (Å²) in [6.45, 7) is 0.454. The maximum absolute atomic E-state index is 14.2. The second-order valence-corrected chi connectivity index (χ2v) is 8.78. The maximum Gasteiger partial charge on any atom is 0.277 e. The molecule has 2 aromatic rings. The van der Waals surface area contributed by atoms with Gasteiger partial charge in [0.1, 0.15) is 12.0 Å². The lowest BCUT2D eigenvalue weighted by Crippen LogP contribution is -2.67. The largest absolute Gasteiger partial charge is 0.502 e. The van der Waals surface area contributed by atoms with Crippen LogP contribution in [0.15, 0.2) is 29.2 Å². The summed E-state index contributed by atoms with van der Waals surface area (Å²) in [7, 11) is 1.61. The van der Waals surface area contributed by atoms with Crippen molar-refractivity contribution in [3.63, 3.8) is 0 Å². The number of pyridine rings is 1. The summed E-state index contributed by atoms with van der Waals surface area (Å²) >= 11 is 5.79. The van der Waals surface area contributed by atoms with Crippen molar-refractivity contribution < 1.29 is 23.8 Å². The van der Waals surface area contributed by atoms with Crippen molar-refractivity contribution in [2.45, 2.75) is 44.1 Å². The number of aromatic hydroxyl groups is 1. The molecule has 0 spiro atoms. The molecule has 0 unspecified atom stereocenters. The predicted octanol–water partition coefficient (Wildman–Crippen LogP) is 2.07. The van der Waals surface area contributed by atoms with Gasteiger partial charge in [0.05, 0.1) is 29.3 Å². The standard InChI is InChI=1S/C22H21ClFN3O5/c1-25-21-16-8-6-12(32-16)9-27(21)26-10-13(19(29)20(30)18(26)22(25)31)15(28)7-5-11-3-2-4-14(23)17(11)24/h2-4,10,12,16,21,30H,5-9H2,1H3/t12-,16+,21-/m0/s1. The zero-order chi connectivity index (χ0) is 22.7. The zero-order valence-corrected chi connectivity index (χ0v) is 18.0. The number of morpholine rings is 1. The smallest absolute Gasteiger partial charge is 0.277 e. The highest BCUT2D eigenvalue weighted by atomic mass is 35.5. The average Bonchev–Trinajstić information content (AvgIpc) is 3.15. The lowest BCUT2D eigenvalue weighted by molar-refractivity contribution is -0.0479. The van der Waals surface area contributed by atoms with E-state index in [1.165, 1.54) is 27.9 Å². The van der Waals surface area contributed by atoms with Crippen LogP contribution >= 0.6 is 11.6 Å². The van der Waals surface area contributed by atoms with Gasteiger partial charge in [-0.2, -0.15) is 0 Å². The molecule has 3 aliphatic heterocycles. The van der Waals surface area contributed by atoms with Gasteiger partial charge in [0.25, 0.3) is 5.91 Å². The monoisotopic (exact) mass is 461 g/mol. The molecular weight excluding hydrogens is 441 g/mol. The number of nitrogens with zero attached hydrogens (tertiary/aromatic N) is 3. The van der Waals surface area contributed by atoms with Crippen LogP contribution in [0.2, 0.25) is 5.02 Å². The van der Waals surface area contributed by atoms with Gasteiger partial charge in [-0.05, 0) is 30.9 Å². The Morgan fingerprint density at radius 2 is 2.09 bits per heavy atom. The van der Waals surface area contributed by atoms with E-state index in [-0.39, 0.29) is 46.9 Å². The maximum atomic E-state index is 14.2. The number of aryl methyl sites for hydroxylation is 1. The highest BCUT2D eigenvalue weighted by molar-refractivity contribution is 6.30. The summed E-state index contributed by atoms with van der Waals surface area (Å²) in [5.74, 6) is -2.44. The van der Waals surface area contributed by atoms with Gasteiger partial charge in [0.2, 0.25) is 5.43 Å². The molecule has 1 amide bonds. The molecule has 5 rings (SSSR count). The van der Waals surface area contributed by atoms with Crippen molar-refractivity contribution in [3.05, 3.63) is 62.3 Å². The van der Waals surface area contributed by atoms with Crippen LogP contribution in [0.1, 0.15) is 45.7 Å². The van der Waals surface area contributed by atoms with Gasteiger partial charge in [-0.3, -0.25) is 24.1 Å². The van der Waals surface area contributed by atoms with E-state index < -0.39 is 34.9 Å². The molecule has 0 radical (unpaired) electrons. The third-order valence-corrected chi connectivity index (χ3v) is 6.78. The number of ketones is 1. The number of rotatable bonds is 4. The van der Waals surface area contributed by atoms with E-state index in [0.29, 0.717) is 6.54 Å². The van der Waals surface area contributed by atoms with Crippen LogP contribution in [0.3, 0.4) is 0 Å². The summed E-state index contributed by atoms with van der Waals surface area (Å²) in [4.78, 5) is 40.1. The summed E-state index contributed by atoms with van der Waals surface area (Å²) in [5.41, 5.74) is -1.07. The minimum Gasteiger partial charge on any atom is -0.502 e. The number of hydrogen-bond donors (Lipinski definition) is 1. The van der Waals surface area contributed by atoms with E-state index in [2.05, 4.69) is 0 Å². The molecule has 1 N–H and O–H groups in total. The third-order valence-electron chi connectivity index (χ3n) is 6.48. The Kier molecular flexibility index (Phi) is 4.98. The Morgan fingerprint density at radius 1 is 1.31 bits per heavy atom. The summed E-state index contributed by atoms with van der Waals surface area (Å²) in [6.07, 6.45) is 2.21. The number of carbonyl (C=O) groups is 2. The van der Waals surface area contributed by atoms with Crippen LogP contribution < -0.4 is 10.4 Å². The molecule has 1 aromatic heterocycles. The Morgan fingerprint density at radius 3 is 2.88 bits per heavy atom. The molecule has 1 aromatic carbocycles. The Bertz CT molecular complexity index is 1200. The number of carbonyl (C=O) groups excluding carboxylic acids is 2. The molecule has 0 aliphatic carbocycles. The minimum absolute atomic E-state index is 0.0303. The van der Waals surface area contributed by atoms with Gasteiger partial charge in [-0.25, -0.2) is 4.39 Å². The van der Waals surface area contributed by atoms with E-state index in [4.69, 9.17) is 16.3 Å². The molecule has 10 heteroatoms. The van der Waals surface area contributed by atoms with E-state index in [9.17, 15) is 23.9 Å². The number of hydrogen-bond acceptors (Lipinski definition) is 6. The number of likely N-dealkylation sites (N-methyl/N-ethyl adjacent to an activating group) is 1. The second-order valence-electron chi connectivity index (χ2n) is 8.38. The number of ether oxygens (including phenoxy) is 1. The molecule has 2 saturated heterocycles. The lowest BCUT2D eigenvalue weighted by Gasteiger charge is -2.50. The van der Waals surface area contributed by atoms with Crippen molar-refractivity contribution >= 4 is 23.3 Å². The first kappa shape index (κ1) is 21.0. The normalized spacial score (nSPS) is 23.8. The molecule has 4 heterocycles. The number of aromatic nitrogens is 1. The number of fused-ring (bicyclic) bond motifs is 6. The molecule has 168 valence electrons. The van der Waals surface area contributed by atoms with E-state index in [1.54, 1.807) is 13.1 Å². The second kappa shape index (κ2) is 7.60. The molecule has 3 aliphatic rings. The van der Waals surface area contributed by atoms with Crippen LogP contribution in [0, 0.1) is 5.82 Å². The van der Waals surface area contributed by atoms with Gasteiger partial charge in [0, 0.05) is 19.7 Å². The Labute approximate surface area is 187 Å². The first-order valence-corrected chi connectivity index (χ1v) is 10.8. The van der Waals surface area contributed by atoms with Crippen LogP contribution in [0.4, 0.5) is 4.39 Å². The number of Topliss-reactive ketones (excluding diaryl/α,β-unsaturated/α-hetero) is 1. The summed E-state index contributed by atoms with van der Waals surface area (Å²) in [5, 5.41) is 12.4. The first-order chi connectivity index (χ1) is 15.3. The fraction of sp³-hybridized carbons (Fsp3) is 0.409. The van der Waals surface area contributed by atoms with Gasteiger partial charge in [-0.1, -0.05) is 23.7 Å². The predicted molar refractivity (Wildman–Crippen MR) is 113 cm³/mol. The van der Waals surface area contributed by atoms with Crippen molar-refractivity contribution in [2.24, 2.45) is 0 Å². The molecule has 32 heavy (non-hydrogen) atoms. The molecule has 8 nitrogen and oxygen atoms in total. The quantitative estimate of drug-likeness (QED) is 0.701.